The largest absolute Gasteiger partial charge is 0.496 e. The number of nitrogens with two attached hydrogens (primary N) is 1. The van der Waals surface area contributed by atoms with Gasteiger partial charge in [0.25, 0.3) is 0 Å². The summed E-state index contributed by atoms with van der Waals surface area (Å²) in [4.78, 5) is 10.5. The molecule has 1 amide bonds. The molecule has 2 aromatic carbocycles. The molecule has 2 aromatic rings. The molecule has 0 unspecified atom stereocenters. The van der Waals surface area contributed by atoms with E-state index in [9.17, 15) is 4.79 Å². The number of primary amides is 1. The van der Waals surface area contributed by atoms with Gasteiger partial charge in [-0.1, -0.05) is 30.3 Å². The van der Waals surface area contributed by atoms with Crippen LogP contribution in [0.1, 0.15) is 5.56 Å². The minimum Gasteiger partial charge on any atom is -0.496 e. The highest BCUT2D eigenvalue weighted by Crippen LogP contribution is 2.27. The maximum atomic E-state index is 10.5. The third kappa shape index (κ3) is 4.18. The Kier molecular flexibility index (Phi) is 5.54. The van der Waals surface area contributed by atoms with Crippen LogP contribution in [0.2, 0.25) is 0 Å². The third-order valence-electron chi connectivity index (χ3n) is 3.19. The number of methoxy groups -OCH3 is 1. The summed E-state index contributed by atoms with van der Waals surface area (Å²) in [7, 11) is 1.67. The fraction of sp³-hybridized carbons (Fsp3) is 0.312. The van der Waals surface area contributed by atoms with Gasteiger partial charge < -0.3 is 20.5 Å². The zero-order valence-electron chi connectivity index (χ0n) is 12.1. The van der Waals surface area contributed by atoms with Crippen LogP contribution in [0.25, 0.3) is 10.8 Å². The van der Waals surface area contributed by atoms with Crippen LogP contribution < -0.4 is 15.8 Å². The second-order valence-electron chi connectivity index (χ2n) is 4.66. The minimum absolute atomic E-state index is 0.0424. The number of carbonyl (C=O) groups is 1. The van der Waals surface area contributed by atoms with Crippen LogP contribution in [0, 0.1) is 0 Å². The lowest BCUT2D eigenvalue weighted by Crippen LogP contribution is -2.24. The van der Waals surface area contributed by atoms with Crippen molar-refractivity contribution in [2.75, 3.05) is 26.9 Å². The molecular formula is C16H20N2O3. The lowest BCUT2D eigenvalue weighted by atomic mass is 10.0. The van der Waals surface area contributed by atoms with E-state index in [4.69, 9.17) is 15.2 Å². The Morgan fingerprint density at radius 2 is 2.05 bits per heavy atom. The van der Waals surface area contributed by atoms with Crippen molar-refractivity contribution in [3.63, 3.8) is 0 Å². The molecule has 5 nitrogen and oxygen atoms in total. The highest BCUT2D eigenvalue weighted by atomic mass is 16.5. The third-order valence-corrected chi connectivity index (χ3v) is 3.19. The van der Waals surface area contributed by atoms with Crippen molar-refractivity contribution in [2.24, 2.45) is 5.73 Å². The van der Waals surface area contributed by atoms with Crippen molar-refractivity contribution >= 4 is 16.7 Å². The van der Waals surface area contributed by atoms with Crippen molar-refractivity contribution in [2.45, 2.75) is 6.54 Å². The first kappa shape index (κ1) is 15.3. The maximum Gasteiger partial charge on any atom is 0.243 e. The van der Waals surface area contributed by atoms with E-state index in [1.165, 1.54) is 10.8 Å². The summed E-state index contributed by atoms with van der Waals surface area (Å²) < 4.78 is 10.5. The summed E-state index contributed by atoms with van der Waals surface area (Å²) in [5.74, 6) is 0.407. The molecule has 0 fully saturated rings. The quantitative estimate of drug-likeness (QED) is 0.721. The Balaban J connectivity index is 1.98. The van der Waals surface area contributed by atoms with Gasteiger partial charge in [-0.3, -0.25) is 4.79 Å². The summed E-state index contributed by atoms with van der Waals surface area (Å²) in [5.41, 5.74) is 6.11. The standard InChI is InChI=1S/C16H20N2O3/c1-20-15-7-6-12-4-2-3-5-13(12)14(15)10-18-8-9-21-11-16(17)19/h2-7,18H,8-11H2,1H3,(H2,17,19). The molecule has 0 aliphatic carbocycles. The lowest BCUT2D eigenvalue weighted by Gasteiger charge is -2.13. The number of hydrogen-bond donors (Lipinski definition) is 2. The van der Waals surface area contributed by atoms with Gasteiger partial charge in [0.15, 0.2) is 0 Å². The molecule has 0 aromatic heterocycles. The predicted molar refractivity (Wildman–Crippen MR) is 82.2 cm³/mol. The number of hydrogen-bond acceptors (Lipinski definition) is 4. The van der Waals surface area contributed by atoms with E-state index >= 15 is 0 Å². The molecule has 0 aliphatic rings. The van der Waals surface area contributed by atoms with Gasteiger partial charge in [0, 0.05) is 18.7 Å². The van der Waals surface area contributed by atoms with Crippen LogP contribution in [0.15, 0.2) is 36.4 Å². The second-order valence-corrected chi connectivity index (χ2v) is 4.66. The molecule has 0 saturated carbocycles. The predicted octanol–water partition coefficient (Wildman–Crippen LogP) is 1.44. The van der Waals surface area contributed by atoms with Crippen molar-refractivity contribution in [1.82, 2.24) is 5.32 Å². The molecule has 0 bridgehead atoms. The topological polar surface area (TPSA) is 73.6 Å². The lowest BCUT2D eigenvalue weighted by molar-refractivity contribution is -0.122. The number of carbonyl (C=O) groups excluding carboxylic acids is 1. The molecule has 3 N–H and O–H groups in total. The normalized spacial score (nSPS) is 10.7. The highest BCUT2D eigenvalue weighted by molar-refractivity contribution is 5.87. The number of rotatable bonds is 8. The smallest absolute Gasteiger partial charge is 0.243 e. The van der Waals surface area contributed by atoms with Gasteiger partial charge in [-0.25, -0.2) is 0 Å². The zero-order valence-corrected chi connectivity index (χ0v) is 12.1. The first-order chi connectivity index (χ1) is 10.2. The highest BCUT2D eigenvalue weighted by Gasteiger charge is 2.07. The summed E-state index contributed by atoms with van der Waals surface area (Å²) in [5, 5.41) is 5.63. The Bertz CT molecular complexity index is 613. The van der Waals surface area contributed by atoms with Gasteiger partial charge >= 0.3 is 0 Å². The average molecular weight is 288 g/mol. The first-order valence-corrected chi connectivity index (χ1v) is 6.83. The molecule has 112 valence electrons. The molecule has 0 radical (unpaired) electrons. The molecule has 0 heterocycles. The van der Waals surface area contributed by atoms with E-state index in [-0.39, 0.29) is 6.61 Å². The van der Waals surface area contributed by atoms with E-state index in [0.717, 1.165) is 11.3 Å². The van der Waals surface area contributed by atoms with Crippen molar-refractivity contribution in [3.05, 3.63) is 42.0 Å². The average Bonchev–Trinajstić information content (AvgIpc) is 2.50. The molecule has 0 saturated heterocycles. The molecule has 21 heavy (non-hydrogen) atoms. The molecule has 2 rings (SSSR count). The molecule has 0 aliphatic heterocycles. The van der Waals surface area contributed by atoms with Crippen molar-refractivity contribution in [1.29, 1.82) is 0 Å². The van der Waals surface area contributed by atoms with Crippen LogP contribution in [0.4, 0.5) is 0 Å². The Morgan fingerprint density at radius 3 is 2.81 bits per heavy atom. The fourth-order valence-electron chi connectivity index (χ4n) is 2.22. The molecule has 5 heteroatoms. The maximum absolute atomic E-state index is 10.5. The number of nitrogens with one attached hydrogen (secondary N) is 1. The van der Waals surface area contributed by atoms with E-state index < -0.39 is 5.91 Å². The second kappa shape index (κ2) is 7.61. The Hall–Kier alpha value is -2.11. The monoisotopic (exact) mass is 288 g/mol. The number of amides is 1. The molecule has 0 atom stereocenters. The van der Waals surface area contributed by atoms with Gasteiger partial charge in [-0.2, -0.15) is 0 Å². The molecular weight excluding hydrogens is 268 g/mol. The zero-order chi connectivity index (χ0) is 15.1. The fourth-order valence-corrected chi connectivity index (χ4v) is 2.22. The van der Waals surface area contributed by atoms with Gasteiger partial charge in [0.2, 0.25) is 5.91 Å². The van der Waals surface area contributed by atoms with Crippen LogP contribution in [-0.2, 0) is 16.1 Å². The SMILES string of the molecule is COc1ccc2ccccc2c1CNCCOCC(N)=O. The van der Waals surface area contributed by atoms with Gasteiger partial charge in [-0.05, 0) is 16.8 Å². The van der Waals surface area contributed by atoms with Gasteiger partial charge in [-0.15, -0.1) is 0 Å². The summed E-state index contributed by atoms with van der Waals surface area (Å²) in [6.07, 6.45) is 0. The van der Waals surface area contributed by atoms with Crippen LogP contribution in [0.5, 0.6) is 5.75 Å². The van der Waals surface area contributed by atoms with Crippen LogP contribution in [-0.4, -0.2) is 32.8 Å². The summed E-state index contributed by atoms with van der Waals surface area (Å²) in [6, 6.07) is 12.2. The van der Waals surface area contributed by atoms with Gasteiger partial charge in [0.05, 0.1) is 13.7 Å². The number of benzene rings is 2. The van der Waals surface area contributed by atoms with E-state index in [2.05, 4.69) is 17.4 Å². The summed E-state index contributed by atoms with van der Waals surface area (Å²) >= 11 is 0. The molecule has 0 spiro atoms. The van der Waals surface area contributed by atoms with Crippen molar-refractivity contribution in [3.8, 4) is 5.75 Å². The first-order valence-electron chi connectivity index (χ1n) is 6.83. The number of fused-ring (bicyclic) bond motifs is 1. The Morgan fingerprint density at radius 1 is 1.24 bits per heavy atom. The Labute approximate surface area is 124 Å². The van der Waals surface area contributed by atoms with Crippen LogP contribution in [0.3, 0.4) is 0 Å². The summed E-state index contributed by atoms with van der Waals surface area (Å²) in [6.45, 7) is 1.71. The van der Waals surface area contributed by atoms with Crippen LogP contribution >= 0.6 is 0 Å². The number of ether oxygens (including phenoxy) is 2. The van der Waals surface area contributed by atoms with Crippen molar-refractivity contribution < 1.29 is 14.3 Å². The van der Waals surface area contributed by atoms with E-state index in [1.807, 2.05) is 24.3 Å². The van der Waals surface area contributed by atoms with E-state index in [0.29, 0.717) is 19.7 Å². The van der Waals surface area contributed by atoms with Gasteiger partial charge in [0.1, 0.15) is 12.4 Å². The van der Waals surface area contributed by atoms with E-state index in [1.54, 1.807) is 7.11 Å². The minimum atomic E-state index is -0.453.